The molecule has 1 heterocycles. The van der Waals surface area contributed by atoms with Gasteiger partial charge in [-0.25, -0.2) is 4.98 Å². The van der Waals surface area contributed by atoms with Gasteiger partial charge in [0, 0.05) is 18.7 Å². The number of rotatable bonds is 4. The number of nitrogens with zero attached hydrogens (tertiary/aromatic N) is 1. The predicted molar refractivity (Wildman–Crippen MR) is 49.4 cm³/mol. The van der Waals surface area contributed by atoms with Gasteiger partial charge in [0.15, 0.2) is 0 Å². The third-order valence-corrected chi connectivity index (χ3v) is 1.77. The molecule has 4 heteroatoms. The smallest absolute Gasteiger partial charge is 0.213 e. The Morgan fingerprint density at radius 2 is 2.38 bits per heavy atom. The summed E-state index contributed by atoms with van der Waals surface area (Å²) < 4.78 is 4.95. The van der Waals surface area contributed by atoms with E-state index in [1.807, 2.05) is 12.1 Å². The highest BCUT2D eigenvalue weighted by atomic mass is 16.5. The van der Waals surface area contributed by atoms with Crippen molar-refractivity contribution in [3.63, 3.8) is 0 Å². The Balaban J connectivity index is 2.75. The van der Waals surface area contributed by atoms with Crippen LogP contribution in [0.3, 0.4) is 0 Å². The molecule has 0 amide bonds. The number of aromatic nitrogens is 1. The van der Waals surface area contributed by atoms with E-state index in [-0.39, 0.29) is 12.6 Å². The maximum atomic E-state index is 8.69. The lowest BCUT2D eigenvalue weighted by Crippen LogP contribution is -2.13. The molecule has 0 bridgehead atoms. The van der Waals surface area contributed by atoms with Gasteiger partial charge in [-0.1, -0.05) is 6.07 Å². The van der Waals surface area contributed by atoms with Crippen LogP contribution in [0.25, 0.3) is 0 Å². The second-order valence-corrected chi connectivity index (χ2v) is 2.72. The van der Waals surface area contributed by atoms with Crippen LogP contribution in [0.2, 0.25) is 0 Å². The maximum absolute atomic E-state index is 8.69. The fourth-order valence-corrected chi connectivity index (χ4v) is 1.04. The van der Waals surface area contributed by atoms with E-state index in [0.29, 0.717) is 12.3 Å². The second-order valence-electron chi connectivity index (χ2n) is 2.72. The van der Waals surface area contributed by atoms with Crippen LogP contribution in [0.1, 0.15) is 18.2 Å². The summed E-state index contributed by atoms with van der Waals surface area (Å²) in [5, 5.41) is 8.69. The first-order chi connectivity index (χ1) is 6.27. The summed E-state index contributed by atoms with van der Waals surface area (Å²) in [6.07, 6.45) is 0.514. The van der Waals surface area contributed by atoms with Crippen LogP contribution in [0.4, 0.5) is 0 Å². The number of methoxy groups -OCH3 is 1. The summed E-state index contributed by atoms with van der Waals surface area (Å²) in [6, 6.07) is 5.19. The summed E-state index contributed by atoms with van der Waals surface area (Å²) in [4.78, 5) is 4.15. The van der Waals surface area contributed by atoms with Gasteiger partial charge in [-0.05, 0) is 12.5 Å². The van der Waals surface area contributed by atoms with Crippen molar-refractivity contribution in [2.45, 2.75) is 12.5 Å². The first-order valence-corrected chi connectivity index (χ1v) is 4.15. The quantitative estimate of drug-likeness (QED) is 0.710. The molecule has 1 atom stereocenters. The Morgan fingerprint density at radius 1 is 1.62 bits per heavy atom. The molecule has 0 saturated heterocycles. The molecule has 0 unspecified atom stereocenters. The van der Waals surface area contributed by atoms with Gasteiger partial charge in [-0.2, -0.15) is 0 Å². The van der Waals surface area contributed by atoms with Crippen molar-refractivity contribution in [3.8, 4) is 5.88 Å². The second kappa shape index (κ2) is 4.79. The molecule has 1 rings (SSSR count). The van der Waals surface area contributed by atoms with Crippen molar-refractivity contribution in [3.05, 3.63) is 23.9 Å². The van der Waals surface area contributed by atoms with Crippen molar-refractivity contribution in [1.82, 2.24) is 4.98 Å². The van der Waals surface area contributed by atoms with Crippen LogP contribution in [-0.2, 0) is 0 Å². The van der Waals surface area contributed by atoms with E-state index in [2.05, 4.69) is 4.98 Å². The van der Waals surface area contributed by atoms with Crippen molar-refractivity contribution in [2.24, 2.45) is 5.73 Å². The predicted octanol–water partition coefficient (Wildman–Crippen LogP) is 0.472. The van der Waals surface area contributed by atoms with E-state index >= 15 is 0 Å². The van der Waals surface area contributed by atoms with Crippen molar-refractivity contribution >= 4 is 0 Å². The number of aliphatic hydroxyl groups is 1. The standard InChI is InChI=1S/C9H14N2O2/c1-13-9-4-2-3-8(11-9)7(10)5-6-12/h2-4,7,12H,5-6,10H2,1H3/t7-/m1/s1. The fraction of sp³-hybridized carbons (Fsp3) is 0.444. The molecule has 0 fully saturated rings. The molecule has 4 nitrogen and oxygen atoms in total. The van der Waals surface area contributed by atoms with E-state index in [1.54, 1.807) is 13.2 Å². The number of ether oxygens (including phenoxy) is 1. The molecule has 0 saturated carbocycles. The molecule has 0 aliphatic heterocycles. The van der Waals surface area contributed by atoms with E-state index in [4.69, 9.17) is 15.6 Å². The van der Waals surface area contributed by atoms with Crippen molar-refractivity contribution < 1.29 is 9.84 Å². The molecule has 1 aromatic rings. The van der Waals surface area contributed by atoms with Crippen molar-refractivity contribution in [1.29, 1.82) is 0 Å². The Morgan fingerprint density at radius 3 is 3.00 bits per heavy atom. The lowest BCUT2D eigenvalue weighted by atomic mass is 10.1. The summed E-state index contributed by atoms with van der Waals surface area (Å²) in [5.74, 6) is 0.547. The minimum atomic E-state index is -0.222. The van der Waals surface area contributed by atoms with Crippen LogP contribution < -0.4 is 10.5 Å². The molecule has 0 aliphatic carbocycles. The van der Waals surface area contributed by atoms with Crippen molar-refractivity contribution in [2.75, 3.05) is 13.7 Å². The Kier molecular flexibility index (Phi) is 3.67. The number of pyridine rings is 1. The first-order valence-electron chi connectivity index (χ1n) is 4.15. The minimum Gasteiger partial charge on any atom is -0.481 e. The zero-order valence-corrected chi connectivity index (χ0v) is 7.60. The van der Waals surface area contributed by atoms with Crippen LogP contribution in [-0.4, -0.2) is 23.8 Å². The molecular weight excluding hydrogens is 168 g/mol. The van der Waals surface area contributed by atoms with Gasteiger partial charge >= 0.3 is 0 Å². The van der Waals surface area contributed by atoms with Gasteiger partial charge in [-0.3, -0.25) is 0 Å². The third-order valence-electron chi connectivity index (χ3n) is 1.77. The van der Waals surface area contributed by atoms with Gasteiger partial charge in [0.05, 0.1) is 12.8 Å². The van der Waals surface area contributed by atoms with Gasteiger partial charge in [0.1, 0.15) is 0 Å². The molecule has 1 aromatic heterocycles. The van der Waals surface area contributed by atoms with Crippen LogP contribution in [0.15, 0.2) is 18.2 Å². The first kappa shape index (κ1) is 9.95. The van der Waals surface area contributed by atoms with Crippen LogP contribution in [0.5, 0.6) is 5.88 Å². The largest absolute Gasteiger partial charge is 0.481 e. The summed E-state index contributed by atoms with van der Waals surface area (Å²) in [6.45, 7) is 0.0695. The molecule has 0 radical (unpaired) electrons. The van der Waals surface area contributed by atoms with Gasteiger partial charge < -0.3 is 15.6 Å². The molecule has 72 valence electrons. The van der Waals surface area contributed by atoms with E-state index in [9.17, 15) is 0 Å². The number of hydrogen-bond acceptors (Lipinski definition) is 4. The summed E-state index contributed by atoms with van der Waals surface area (Å²) in [7, 11) is 1.56. The monoisotopic (exact) mass is 182 g/mol. The molecule has 3 N–H and O–H groups in total. The van der Waals surface area contributed by atoms with Gasteiger partial charge in [0.25, 0.3) is 0 Å². The normalized spacial score (nSPS) is 12.5. The van der Waals surface area contributed by atoms with E-state index in [0.717, 1.165) is 5.69 Å². The average Bonchev–Trinajstić information content (AvgIpc) is 2.18. The Hall–Kier alpha value is -1.13. The molecule has 0 aliphatic rings. The summed E-state index contributed by atoms with van der Waals surface area (Å²) in [5.41, 5.74) is 6.49. The average molecular weight is 182 g/mol. The number of aliphatic hydroxyl groups excluding tert-OH is 1. The highest BCUT2D eigenvalue weighted by Crippen LogP contribution is 2.14. The highest BCUT2D eigenvalue weighted by Gasteiger charge is 2.06. The zero-order chi connectivity index (χ0) is 9.68. The summed E-state index contributed by atoms with van der Waals surface area (Å²) >= 11 is 0. The maximum Gasteiger partial charge on any atom is 0.213 e. The molecule has 0 aromatic carbocycles. The minimum absolute atomic E-state index is 0.0695. The van der Waals surface area contributed by atoms with Crippen LogP contribution in [0, 0.1) is 0 Å². The number of hydrogen-bond donors (Lipinski definition) is 2. The zero-order valence-electron chi connectivity index (χ0n) is 7.60. The molecule has 0 spiro atoms. The Labute approximate surface area is 77.4 Å². The lowest BCUT2D eigenvalue weighted by molar-refractivity contribution is 0.275. The highest BCUT2D eigenvalue weighted by molar-refractivity contribution is 5.17. The number of nitrogens with two attached hydrogens (primary N) is 1. The SMILES string of the molecule is COc1cccc([C@H](N)CCO)n1. The molecule has 13 heavy (non-hydrogen) atoms. The van der Waals surface area contributed by atoms with E-state index < -0.39 is 0 Å². The fourth-order valence-electron chi connectivity index (χ4n) is 1.04. The lowest BCUT2D eigenvalue weighted by Gasteiger charge is -2.09. The van der Waals surface area contributed by atoms with Crippen LogP contribution >= 0.6 is 0 Å². The van der Waals surface area contributed by atoms with Gasteiger partial charge in [-0.15, -0.1) is 0 Å². The Bertz CT molecular complexity index is 266. The van der Waals surface area contributed by atoms with Gasteiger partial charge in [0.2, 0.25) is 5.88 Å². The van der Waals surface area contributed by atoms with E-state index in [1.165, 1.54) is 0 Å². The third kappa shape index (κ3) is 2.68. The topological polar surface area (TPSA) is 68.4 Å². The molecular formula is C9H14N2O2.